The second kappa shape index (κ2) is 4.82. The Labute approximate surface area is 99.5 Å². The first-order valence-corrected chi connectivity index (χ1v) is 5.35. The fourth-order valence-corrected chi connectivity index (χ4v) is 1.72. The Bertz CT molecular complexity index is 576. The molecule has 0 aliphatic heterocycles. The lowest BCUT2D eigenvalue weighted by molar-refractivity contribution is 0.408. The van der Waals surface area contributed by atoms with Gasteiger partial charge in [-0.3, -0.25) is 4.57 Å². The zero-order chi connectivity index (χ0) is 12.3. The maximum absolute atomic E-state index is 11.5. The van der Waals surface area contributed by atoms with Crippen molar-refractivity contribution in [2.45, 2.75) is 13.5 Å². The lowest BCUT2D eigenvalue weighted by atomic mass is 10.1. The number of methoxy groups -OCH3 is 1. The zero-order valence-corrected chi connectivity index (χ0v) is 9.88. The van der Waals surface area contributed by atoms with Crippen LogP contribution in [0.2, 0.25) is 0 Å². The predicted molar refractivity (Wildman–Crippen MR) is 65.3 cm³/mol. The van der Waals surface area contributed by atoms with E-state index in [1.807, 2.05) is 25.1 Å². The van der Waals surface area contributed by atoms with Crippen LogP contribution in [0.25, 0.3) is 0 Å². The first kappa shape index (κ1) is 11.4. The number of rotatable bonds is 3. The summed E-state index contributed by atoms with van der Waals surface area (Å²) in [5, 5.41) is 0. The lowest BCUT2D eigenvalue weighted by Gasteiger charge is -2.10. The van der Waals surface area contributed by atoms with E-state index in [2.05, 4.69) is 4.98 Å². The molecule has 88 valence electrons. The third-order valence-corrected chi connectivity index (χ3v) is 2.56. The summed E-state index contributed by atoms with van der Waals surface area (Å²) in [5.41, 5.74) is 1.86. The highest BCUT2D eigenvalue weighted by molar-refractivity contribution is 5.36. The summed E-state index contributed by atoms with van der Waals surface area (Å²) in [4.78, 5) is 15.2. The van der Waals surface area contributed by atoms with Crippen LogP contribution in [0.1, 0.15) is 11.1 Å². The van der Waals surface area contributed by atoms with Crippen molar-refractivity contribution < 1.29 is 4.74 Å². The van der Waals surface area contributed by atoms with E-state index in [0.29, 0.717) is 6.54 Å². The van der Waals surface area contributed by atoms with Crippen molar-refractivity contribution in [1.82, 2.24) is 9.55 Å². The molecule has 0 atom stereocenters. The van der Waals surface area contributed by atoms with Gasteiger partial charge in [-0.05, 0) is 19.1 Å². The largest absolute Gasteiger partial charge is 0.496 e. The Balaban J connectivity index is 2.39. The van der Waals surface area contributed by atoms with E-state index < -0.39 is 0 Å². The zero-order valence-electron chi connectivity index (χ0n) is 9.88. The van der Waals surface area contributed by atoms with Crippen LogP contribution in [0.4, 0.5) is 0 Å². The van der Waals surface area contributed by atoms with Crippen molar-refractivity contribution in [3.05, 3.63) is 58.3 Å². The predicted octanol–water partition coefficient (Wildman–Crippen LogP) is 1.61. The number of aromatic nitrogens is 2. The molecule has 0 radical (unpaired) electrons. The second-order valence-corrected chi connectivity index (χ2v) is 3.85. The second-order valence-electron chi connectivity index (χ2n) is 3.85. The molecule has 2 aromatic rings. The van der Waals surface area contributed by atoms with E-state index in [1.54, 1.807) is 23.9 Å². The Kier molecular flexibility index (Phi) is 3.23. The molecule has 0 spiro atoms. The van der Waals surface area contributed by atoms with Gasteiger partial charge >= 0.3 is 5.69 Å². The molecule has 4 heteroatoms. The normalized spacial score (nSPS) is 10.2. The smallest absolute Gasteiger partial charge is 0.347 e. The topological polar surface area (TPSA) is 44.1 Å². The van der Waals surface area contributed by atoms with Crippen LogP contribution >= 0.6 is 0 Å². The molecule has 2 rings (SSSR count). The SMILES string of the molecule is COc1ccc(C)cc1Cn1cccnc1=O. The average Bonchev–Trinajstić information content (AvgIpc) is 2.32. The summed E-state index contributed by atoms with van der Waals surface area (Å²) in [5.74, 6) is 0.784. The molecule has 0 N–H and O–H groups in total. The quantitative estimate of drug-likeness (QED) is 0.804. The van der Waals surface area contributed by atoms with E-state index in [4.69, 9.17) is 4.74 Å². The number of aryl methyl sites for hydroxylation is 1. The summed E-state index contributed by atoms with van der Waals surface area (Å²) in [6, 6.07) is 7.64. The van der Waals surface area contributed by atoms with Crippen LogP contribution in [0, 0.1) is 6.92 Å². The van der Waals surface area contributed by atoms with Crippen molar-refractivity contribution in [3.8, 4) is 5.75 Å². The highest BCUT2D eigenvalue weighted by Crippen LogP contribution is 2.19. The van der Waals surface area contributed by atoms with Crippen molar-refractivity contribution in [3.63, 3.8) is 0 Å². The van der Waals surface area contributed by atoms with Gasteiger partial charge in [0.25, 0.3) is 0 Å². The Morgan fingerprint density at radius 3 is 2.94 bits per heavy atom. The van der Waals surface area contributed by atoms with Crippen LogP contribution in [0.15, 0.2) is 41.5 Å². The van der Waals surface area contributed by atoms with Crippen molar-refractivity contribution in [1.29, 1.82) is 0 Å². The minimum Gasteiger partial charge on any atom is -0.496 e. The molecular weight excluding hydrogens is 216 g/mol. The molecule has 0 bridgehead atoms. The molecule has 0 unspecified atom stereocenters. The maximum atomic E-state index is 11.5. The summed E-state index contributed by atoms with van der Waals surface area (Å²) in [7, 11) is 1.63. The van der Waals surface area contributed by atoms with Gasteiger partial charge in [0.15, 0.2) is 0 Å². The minimum absolute atomic E-state index is 0.254. The first-order valence-electron chi connectivity index (χ1n) is 5.35. The summed E-state index contributed by atoms with van der Waals surface area (Å²) in [6.07, 6.45) is 3.21. The summed E-state index contributed by atoms with van der Waals surface area (Å²) >= 11 is 0. The van der Waals surface area contributed by atoms with Crippen molar-refractivity contribution >= 4 is 0 Å². The number of benzene rings is 1. The number of nitrogens with zero attached hydrogens (tertiary/aromatic N) is 2. The molecule has 17 heavy (non-hydrogen) atoms. The highest BCUT2D eigenvalue weighted by atomic mass is 16.5. The Morgan fingerprint density at radius 1 is 1.41 bits per heavy atom. The molecule has 4 nitrogen and oxygen atoms in total. The van der Waals surface area contributed by atoms with Gasteiger partial charge in [-0.15, -0.1) is 0 Å². The molecule has 0 saturated carbocycles. The van der Waals surface area contributed by atoms with E-state index in [1.165, 1.54) is 6.20 Å². The minimum atomic E-state index is -0.254. The number of ether oxygens (including phenoxy) is 1. The monoisotopic (exact) mass is 230 g/mol. The van der Waals surface area contributed by atoms with Gasteiger partial charge < -0.3 is 4.74 Å². The van der Waals surface area contributed by atoms with Crippen LogP contribution in [0.3, 0.4) is 0 Å². The molecule has 1 aromatic carbocycles. The van der Waals surface area contributed by atoms with Crippen LogP contribution in [-0.2, 0) is 6.54 Å². The summed E-state index contributed by atoms with van der Waals surface area (Å²) < 4.78 is 6.83. The third kappa shape index (κ3) is 2.53. The van der Waals surface area contributed by atoms with Gasteiger partial charge in [0.05, 0.1) is 13.7 Å². The standard InChI is InChI=1S/C13H14N2O2/c1-10-4-5-12(17-2)11(8-10)9-15-7-3-6-14-13(15)16/h3-8H,9H2,1-2H3. The van der Waals surface area contributed by atoms with Gasteiger partial charge in [0, 0.05) is 18.0 Å². The molecule has 0 saturated heterocycles. The molecule has 0 aliphatic rings. The Morgan fingerprint density at radius 2 is 2.24 bits per heavy atom. The van der Waals surface area contributed by atoms with Gasteiger partial charge in [0.1, 0.15) is 5.75 Å². The fraction of sp³-hybridized carbons (Fsp3) is 0.231. The molecule has 0 amide bonds. The average molecular weight is 230 g/mol. The van der Waals surface area contributed by atoms with E-state index in [0.717, 1.165) is 16.9 Å². The number of hydrogen-bond acceptors (Lipinski definition) is 3. The molecule has 0 fully saturated rings. The number of hydrogen-bond donors (Lipinski definition) is 0. The van der Waals surface area contributed by atoms with Crippen LogP contribution in [-0.4, -0.2) is 16.7 Å². The summed E-state index contributed by atoms with van der Waals surface area (Å²) in [6.45, 7) is 2.48. The van der Waals surface area contributed by atoms with Crippen molar-refractivity contribution in [2.24, 2.45) is 0 Å². The Hall–Kier alpha value is -2.10. The molecule has 1 aromatic heterocycles. The molecular formula is C13H14N2O2. The molecule has 0 aliphatic carbocycles. The van der Waals surface area contributed by atoms with Gasteiger partial charge in [-0.1, -0.05) is 17.7 Å². The third-order valence-electron chi connectivity index (χ3n) is 2.56. The van der Waals surface area contributed by atoms with E-state index in [9.17, 15) is 4.79 Å². The van der Waals surface area contributed by atoms with E-state index in [-0.39, 0.29) is 5.69 Å². The van der Waals surface area contributed by atoms with Gasteiger partial charge in [0.2, 0.25) is 0 Å². The first-order chi connectivity index (χ1) is 8.20. The van der Waals surface area contributed by atoms with Crippen LogP contribution in [0.5, 0.6) is 5.75 Å². The van der Waals surface area contributed by atoms with Crippen molar-refractivity contribution in [2.75, 3.05) is 7.11 Å². The fourth-order valence-electron chi connectivity index (χ4n) is 1.72. The van der Waals surface area contributed by atoms with Gasteiger partial charge in [-0.2, -0.15) is 0 Å². The lowest BCUT2D eigenvalue weighted by Crippen LogP contribution is -2.22. The maximum Gasteiger partial charge on any atom is 0.347 e. The highest BCUT2D eigenvalue weighted by Gasteiger charge is 2.05. The molecule has 1 heterocycles. The van der Waals surface area contributed by atoms with E-state index >= 15 is 0 Å². The van der Waals surface area contributed by atoms with Crippen LogP contribution < -0.4 is 10.4 Å². The van der Waals surface area contributed by atoms with Gasteiger partial charge in [-0.25, -0.2) is 9.78 Å².